The molecule has 0 aliphatic rings. The van der Waals surface area contributed by atoms with E-state index in [4.69, 9.17) is 5.73 Å². The van der Waals surface area contributed by atoms with Crippen LogP contribution in [0.2, 0.25) is 0 Å². The quantitative estimate of drug-likeness (QED) is 0.592. The summed E-state index contributed by atoms with van der Waals surface area (Å²) in [6.45, 7) is 0. The van der Waals surface area contributed by atoms with Crippen molar-refractivity contribution in [1.29, 1.82) is 0 Å². The highest BCUT2D eigenvalue weighted by atomic mass is 16.5. The largest absolute Gasteiger partial charge is 0.469 e. The molecule has 1 heterocycles. The maximum absolute atomic E-state index is 10.8. The number of rotatable bonds is 3. The number of methoxy groups -OCH3 is 1. The van der Waals surface area contributed by atoms with Crippen molar-refractivity contribution in [3.63, 3.8) is 0 Å². The SMILES string of the molecule is COC(=O)C[C@@H](N)c1nnn(C)n1. The fraction of sp³-hybridized carbons (Fsp3) is 0.667. The third kappa shape index (κ3) is 2.48. The molecule has 7 heteroatoms. The van der Waals surface area contributed by atoms with E-state index in [1.54, 1.807) is 7.05 Å². The number of carbonyl (C=O) groups is 1. The maximum atomic E-state index is 10.8. The first-order valence-corrected chi connectivity index (χ1v) is 3.69. The fourth-order valence-electron chi connectivity index (χ4n) is 0.801. The van der Waals surface area contributed by atoms with Crippen LogP contribution in [0.1, 0.15) is 18.3 Å². The number of hydrogen-bond acceptors (Lipinski definition) is 6. The predicted octanol–water partition coefficient (Wildman–Crippen LogP) is -1.23. The molecule has 0 spiro atoms. The molecule has 0 fully saturated rings. The Hall–Kier alpha value is -1.50. The zero-order chi connectivity index (χ0) is 9.84. The third-order valence-corrected chi connectivity index (χ3v) is 1.47. The van der Waals surface area contributed by atoms with Crippen molar-refractivity contribution in [1.82, 2.24) is 20.2 Å². The molecular weight excluding hydrogens is 174 g/mol. The average molecular weight is 185 g/mol. The Labute approximate surface area is 74.9 Å². The Morgan fingerprint density at radius 2 is 2.46 bits per heavy atom. The van der Waals surface area contributed by atoms with Crippen LogP contribution in [0.4, 0.5) is 0 Å². The van der Waals surface area contributed by atoms with Gasteiger partial charge in [-0.05, 0) is 5.21 Å². The van der Waals surface area contributed by atoms with Gasteiger partial charge < -0.3 is 10.5 Å². The fourth-order valence-corrected chi connectivity index (χ4v) is 0.801. The molecule has 1 atom stereocenters. The topological polar surface area (TPSA) is 95.9 Å². The number of hydrogen-bond donors (Lipinski definition) is 1. The second-order valence-electron chi connectivity index (χ2n) is 2.52. The van der Waals surface area contributed by atoms with Crippen LogP contribution in [0.25, 0.3) is 0 Å². The lowest BCUT2D eigenvalue weighted by atomic mass is 10.2. The molecule has 72 valence electrons. The first kappa shape index (κ1) is 9.59. The van der Waals surface area contributed by atoms with E-state index in [9.17, 15) is 4.79 Å². The van der Waals surface area contributed by atoms with E-state index < -0.39 is 6.04 Å². The molecule has 0 unspecified atom stereocenters. The molecule has 0 amide bonds. The molecule has 0 saturated heterocycles. The van der Waals surface area contributed by atoms with Crippen molar-refractivity contribution in [2.45, 2.75) is 12.5 Å². The van der Waals surface area contributed by atoms with Gasteiger partial charge in [-0.3, -0.25) is 4.79 Å². The van der Waals surface area contributed by atoms with Crippen molar-refractivity contribution in [3.8, 4) is 0 Å². The van der Waals surface area contributed by atoms with Gasteiger partial charge in [0.2, 0.25) is 0 Å². The zero-order valence-corrected chi connectivity index (χ0v) is 7.47. The van der Waals surface area contributed by atoms with Gasteiger partial charge in [0.25, 0.3) is 0 Å². The number of carbonyl (C=O) groups excluding carboxylic acids is 1. The van der Waals surface area contributed by atoms with E-state index in [-0.39, 0.29) is 12.4 Å². The van der Waals surface area contributed by atoms with Gasteiger partial charge in [-0.15, -0.1) is 10.2 Å². The zero-order valence-electron chi connectivity index (χ0n) is 7.47. The third-order valence-electron chi connectivity index (χ3n) is 1.47. The Kier molecular flexibility index (Phi) is 2.91. The number of nitrogens with two attached hydrogens (primary N) is 1. The van der Waals surface area contributed by atoms with Crippen LogP contribution in [0.15, 0.2) is 0 Å². The second kappa shape index (κ2) is 3.94. The summed E-state index contributed by atoms with van der Waals surface area (Å²) in [6.07, 6.45) is 0.0577. The summed E-state index contributed by atoms with van der Waals surface area (Å²) < 4.78 is 4.45. The van der Waals surface area contributed by atoms with Crippen LogP contribution in [-0.2, 0) is 16.6 Å². The van der Waals surface area contributed by atoms with Gasteiger partial charge in [0, 0.05) is 0 Å². The minimum Gasteiger partial charge on any atom is -0.469 e. The summed E-state index contributed by atoms with van der Waals surface area (Å²) in [4.78, 5) is 12.1. The first-order chi connectivity index (χ1) is 6.13. The summed E-state index contributed by atoms with van der Waals surface area (Å²) in [5.74, 6) is -0.0483. The van der Waals surface area contributed by atoms with Crippen molar-refractivity contribution in [2.75, 3.05) is 7.11 Å². The molecule has 1 aromatic heterocycles. The molecule has 1 aromatic rings. The van der Waals surface area contributed by atoms with Crippen molar-refractivity contribution in [2.24, 2.45) is 12.8 Å². The second-order valence-corrected chi connectivity index (χ2v) is 2.52. The van der Waals surface area contributed by atoms with Gasteiger partial charge in [-0.2, -0.15) is 4.80 Å². The molecule has 0 aliphatic heterocycles. The highest BCUT2D eigenvalue weighted by molar-refractivity contribution is 5.69. The van der Waals surface area contributed by atoms with E-state index in [0.717, 1.165) is 0 Å². The summed E-state index contributed by atoms with van der Waals surface area (Å²) in [5, 5.41) is 11.1. The normalized spacial score (nSPS) is 12.5. The van der Waals surface area contributed by atoms with Crippen LogP contribution in [0, 0.1) is 0 Å². The van der Waals surface area contributed by atoms with Gasteiger partial charge in [0.1, 0.15) is 0 Å². The maximum Gasteiger partial charge on any atom is 0.307 e. The average Bonchev–Trinajstić information content (AvgIpc) is 2.51. The predicted molar refractivity (Wildman–Crippen MR) is 42.4 cm³/mol. The number of aromatic nitrogens is 4. The Morgan fingerprint density at radius 1 is 1.77 bits per heavy atom. The molecule has 2 N–H and O–H groups in total. The van der Waals surface area contributed by atoms with E-state index in [0.29, 0.717) is 5.82 Å². The lowest BCUT2D eigenvalue weighted by molar-refractivity contribution is -0.141. The van der Waals surface area contributed by atoms with Crippen LogP contribution in [0.3, 0.4) is 0 Å². The summed E-state index contributed by atoms with van der Waals surface area (Å²) >= 11 is 0. The van der Waals surface area contributed by atoms with Crippen LogP contribution in [-0.4, -0.2) is 33.3 Å². The van der Waals surface area contributed by atoms with E-state index in [1.165, 1.54) is 11.9 Å². The number of nitrogens with zero attached hydrogens (tertiary/aromatic N) is 4. The molecule has 0 bridgehead atoms. The molecule has 0 aliphatic carbocycles. The Morgan fingerprint density at radius 3 is 2.92 bits per heavy atom. The number of tetrazole rings is 1. The van der Waals surface area contributed by atoms with Crippen LogP contribution in [0.5, 0.6) is 0 Å². The standard InChI is InChI=1S/C6H11N5O2/c1-11-9-6(8-10-11)4(7)3-5(12)13-2/h4H,3,7H2,1-2H3/t4-/m1/s1. The Bertz CT molecular complexity index is 297. The minimum atomic E-state index is -0.554. The molecule has 0 radical (unpaired) electrons. The molecule has 1 rings (SSSR count). The number of ether oxygens (including phenoxy) is 1. The smallest absolute Gasteiger partial charge is 0.307 e. The highest BCUT2D eigenvalue weighted by Crippen LogP contribution is 2.07. The van der Waals surface area contributed by atoms with Crippen LogP contribution < -0.4 is 5.73 Å². The lowest BCUT2D eigenvalue weighted by Gasteiger charge is -2.03. The molecule has 0 aromatic carbocycles. The number of aryl methyl sites for hydroxylation is 1. The highest BCUT2D eigenvalue weighted by Gasteiger charge is 2.16. The van der Waals surface area contributed by atoms with Crippen molar-refractivity contribution in [3.05, 3.63) is 5.82 Å². The van der Waals surface area contributed by atoms with Gasteiger partial charge in [-0.25, -0.2) is 0 Å². The molecular formula is C6H11N5O2. The first-order valence-electron chi connectivity index (χ1n) is 3.69. The lowest BCUT2D eigenvalue weighted by Crippen LogP contribution is -2.17. The van der Waals surface area contributed by atoms with Gasteiger partial charge in [-0.1, -0.05) is 0 Å². The summed E-state index contributed by atoms with van der Waals surface area (Å²) in [6, 6.07) is -0.554. The molecule has 13 heavy (non-hydrogen) atoms. The van der Waals surface area contributed by atoms with E-state index >= 15 is 0 Å². The summed E-state index contributed by atoms with van der Waals surface area (Å²) in [7, 11) is 2.93. The van der Waals surface area contributed by atoms with Gasteiger partial charge in [0.05, 0.1) is 26.6 Å². The molecule has 0 saturated carbocycles. The monoisotopic (exact) mass is 185 g/mol. The number of esters is 1. The van der Waals surface area contributed by atoms with Crippen molar-refractivity contribution >= 4 is 5.97 Å². The minimum absolute atomic E-state index is 0.0577. The van der Waals surface area contributed by atoms with E-state index in [2.05, 4.69) is 20.1 Å². The molecule has 7 nitrogen and oxygen atoms in total. The van der Waals surface area contributed by atoms with Gasteiger partial charge >= 0.3 is 5.97 Å². The Balaban J connectivity index is 2.58. The van der Waals surface area contributed by atoms with Crippen molar-refractivity contribution < 1.29 is 9.53 Å². The van der Waals surface area contributed by atoms with E-state index in [1.807, 2.05) is 0 Å². The summed E-state index contributed by atoms with van der Waals surface area (Å²) in [5.41, 5.74) is 5.61. The van der Waals surface area contributed by atoms with Crippen LogP contribution >= 0.6 is 0 Å². The van der Waals surface area contributed by atoms with Gasteiger partial charge in [0.15, 0.2) is 5.82 Å².